The Morgan fingerprint density at radius 1 is 1.19 bits per heavy atom. The fraction of sp³-hybridized carbons (Fsp3) is 0.421. The highest BCUT2D eigenvalue weighted by atomic mass is 32.2. The van der Waals surface area contributed by atoms with Gasteiger partial charge in [0.1, 0.15) is 5.75 Å². The van der Waals surface area contributed by atoms with E-state index in [9.17, 15) is 13.2 Å². The van der Waals surface area contributed by atoms with Crippen LogP contribution in [0.25, 0.3) is 0 Å². The van der Waals surface area contributed by atoms with Crippen molar-refractivity contribution in [2.45, 2.75) is 38.1 Å². The van der Waals surface area contributed by atoms with Crippen molar-refractivity contribution >= 4 is 27.3 Å². The molecule has 0 bridgehead atoms. The molecule has 1 amide bonds. The Morgan fingerprint density at radius 3 is 2.44 bits per heavy atom. The van der Waals surface area contributed by atoms with Crippen molar-refractivity contribution in [1.29, 1.82) is 0 Å². The second kappa shape index (κ2) is 9.87. The molecule has 0 spiro atoms. The van der Waals surface area contributed by atoms with E-state index in [0.29, 0.717) is 12.4 Å². The number of rotatable bonds is 10. The molecule has 0 saturated heterocycles. The van der Waals surface area contributed by atoms with Gasteiger partial charge in [-0.3, -0.25) is 4.79 Å². The molecule has 1 unspecified atom stereocenters. The zero-order valence-corrected chi connectivity index (χ0v) is 17.4. The summed E-state index contributed by atoms with van der Waals surface area (Å²) in [7, 11) is -3.66. The van der Waals surface area contributed by atoms with Crippen molar-refractivity contribution in [3.05, 3.63) is 46.7 Å². The average Bonchev–Trinajstić information content (AvgIpc) is 3.14. The first-order valence-corrected chi connectivity index (χ1v) is 11.2. The quantitative estimate of drug-likeness (QED) is 0.629. The van der Waals surface area contributed by atoms with Crippen LogP contribution in [0.3, 0.4) is 0 Å². The van der Waals surface area contributed by atoms with Gasteiger partial charge < -0.3 is 10.1 Å². The fourth-order valence-corrected chi connectivity index (χ4v) is 4.53. The highest BCUT2D eigenvalue weighted by Crippen LogP contribution is 2.25. The maximum absolute atomic E-state index is 12.3. The number of thiophene rings is 1. The standard InChI is InChI=1S/C19H26N2O4S2/c1-4-25-15-7-9-16(10-8-15)27(23,24)20-12-11-18(22)21-19(14(2)3)17-6-5-13-26-17/h5-10,13-14,19-20H,4,11-12H2,1-3H3,(H,21,22). The molecular formula is C19H26N2O4S2. The first kappa shape index (κ1) is 21.4. The van der Waals surface area contributed by atoms with E-state index >= 15 is 0 Å². The van der Waals surface area contributed by atoms with Gasteiger partial charge in [-0.2, -0.15) is 0 Å². The van der Waals surface area contributed by atoms with E-state index in [4.69, 9.17) is 4.74 Å². The summed E-state index contributed by atoms with van der Waals surface area (Å²) < 4.78 is 32.4. The van der Waals surface area contributed by atoms with E-state index in [2.05, 4.69) is 10.0 Å². The average molecular weight is 411 g/mol. The lowest BCUT2D eigenvalue weighted by atomic mass is 10.0. The van der Waals surface area contributed by atoms with Gasteiger partial charge >= 0.3 is 0 Å². The summed E-state index contributed by atoms with van der Waals surface area (Å²) in [6.45, 7) is 6.50. The minimum atomic E-state index is -3.66. The smallest absolute Gasteiger partial charge is 0.240 e. The molecule has 2 N–H and O–H groups in total. The predicted octanol–water partition coefficient (Wildman–Crippen LogP) is 3.33. The fourth-order valence-electron chi connectivity index (χ4n) is 2.54. The predicted molar refractivity (Wildman–Crippen MR) is 107 cm³/mol. The van der Waals surface area contributed by atoms with Crippen LogP contribution < -0.4 is 14.8 Å². The number of benzene rings is 1. The first-order chi connectivity index (χ1) is 12.8. The van der Waals surface area contributed by atoms with Gasteiger partial charge in [0.05, 0.1) is 17.5 Å². The van der Waals surface area contributed by atoms with Crippen LogP contribution in [0.2, 0.25) is 0 Å². The minimum Gasteiger partial charge on any atom is -0.494 e. The van der Waals surface area contributed by atoms with Crippen LogP contribution in [0.1, 0.15) is 38.1 Å². The maximum Gasteiger partial charge on any atom is 0.240 e. The normalized spacial score (nSPS) is 12.7. The molecule has 0 aliphatic carbocycles. The Morgan fingerprint density at radius 2 is 1.89 bits per heavy atom. The largest absolute Gasteiger partial charge is 0.494 e. The molecule has 0 aliphatic heterocycles. The summed E-state index contributed by atoms with van der Waals surface area (Å²) in [5.74, 6) is 0.675. The van der Waals surface area contributed by atoms with Gasteiger partial charge in [0.15, 0.2) is 0 Å². The van der Waals surface area contributed by atoms with E-state index in [1.807, 2.05) is 38.3 Å². The number of ether oxygens (including phenoxy) is 1. The Kier molecular flexibility index (Phi) is 7.82. The second-order valence-electron chi connectivity index (χ2n) is 6.36. The van der Waals surface area contributed by atoms with Gasteiger partial charge in [-0.05, 0) is 48.6 Å². The van der Waals surface area contributed by atoms with E-state index < -0.39 is 10.0 Å². The Balaban J connectivity index is 1.87. The van der Waals surface area contributed by atoms with Crippen LogP contribution in [-0.2, 0) is 14.8 Å². The van der Waals surface area contributed by atoms with E-state index in [1.165, 1.54) is 12.1 Å². The molecule has 27 heavy (non-hydrogen) atoms. The number of amides is 1. The summed E-state index contributed by atoms with van der Waals surface area (Å²) in [6.07, 6.45) is 0.0743. The molecule has 148 valence electrons. The zero-order chi connectivity index (χ0) is 19.9. The van der Waals surface area contributed by atoms with Gasteiger partial charge in [0.25, 0.3) is 0 Å². The van der Waals surface area contributed by atoms with Crippen molar-refractivity contribution in [2.24, 2.45) is 5.92 Å². The Hall–Kier alpha value is -1.90. The van der Waals surface area contributed by atoms with Crippen molar-refractivity contribution < 1.29 is 17.9 Å². The summed E-state index contributed by atoms with van der Waals surface area (Å²) in [5, 5.41) is 4.96. The summed E-state index contributed by atoms with van der Waals surface area (Å²) in [6, 6.07) is 10.1. The van der Waals surface area contributed by atoms with Crippen LogP contribution in [0.15, 0.2) is 46.7 Å². The van der Waals surface area contributed by atoms with Crippen LogP contribution >= 0.6 is 11.3 Å². The third kappa shape index (κ3) is 6.34. The van der Waals surface area contributed by atoms with Gasteiger partial charge in [-0.25, -0.2) is 13.1 Å². The van der Waals surface area contributed by atoms with Gasteiger partial charge in [0.2, 0.25) is 15.9 Å². The van der Waals surface area contributed by atoms with Crippen molar-refractivity contribution in [3.63, 3.8) is 0 Å². The number of nitrogens with one attached hydrogen (secondary N) is 2. The van der Waals surface area contributed by atoms with Crippen molar-refractivity contribution in [2.75, 3.05) is 13.2 Å². The maximum atomic E-state index is 12.3. The SMILES string of the molecule is CCOc1ccc(S(=O)(=O)NCCC(=O)NC(c2cccs2)C(C)C)cc1. The summed E-state index contributed by atoms with van der Waals surface area (Å²) in [4.78, 5) is 13.5. The second-order valence-corrected chi connectivity index (χ2v) is 9.10. The molecule has 1 atom stereocenters. The van der Waals surface area contributed by atoms with Gasteiger partial charge in [0, 0.05) is 17.8 Å². The Bertz CT molecular complexity index is 816. The van der Waals surface area contributed by atoms with Gasteiger partial charge in [-0.15, -0.1) is 11.3 Å². The minimum absolute atomic E-state index is 0.0383. The highest BCUT2D eigenvalue weighted by molar-refractivity contribution is 7.89. The molecule has 0 fully saturated rings. The molecule has 2 rings (SSSR count). The van der Waals surface area contributed by atoms with Crippen LogP contribution in [0.5, 0.6) is 5.75 Å². The molecule has 1 heterocycles. The molecule has 6 nitrogen and oxygen atoms in total. The number of sulfonamides is 1. The lowest BCUT2D eigenvalue weighted by molar-refractivity contribution is -0.122. The third-order valence-corrected chi connectivity index (χ3v) is 6.35. The van der Waals surface area contributed by atoms with Crippen LogP contribution in [0.4, 0.5) is 0 Å². The first-order valence-electron chi connectivity index (χ1n) is 8.88. The molecule has 1 aromatic heterocycles. The number of hydrogen-bond acceptors (Lipinski definition) is 5. The van der Waals surface area contributed by atoms with E-state index in [-0.39, 0.29) is 35.7 Å². The number of carbonyl (C=O) groups excluding carboxylic acids is 1. The molecular weight excluding hydrogens is 384 g/mol. The monoisotopic (exact) mass is 410 g/mol. The van der Waals surface area contributed by atoms with Gasteiger partial charge in [-0.1, -0.05) is 19.9 Å². The molecule has 2 aromatic rings. The van der Waals surface area contributed by atoms with Crippen molar-refractivity contribution in [3.8, 4) is 5.75 Å². The number of hydrogen-bond donors (Lipinski definition) is 2. The molecule has 0 saturated carbocycles. The topological polar surface area (TPSA) is 84.5 Å². The lowest BCUT2D eigenvalue weighted by Gasteiger charge is -2.21. The summed E-state index contributed by atoms with van der Waals surface area (Å²) >= 11 is 1.59. The lowest BCUT2D eigenvalue weighted by Crippen LogP contribution is -2.34. The van der Waals surface area contributed by atoms with Crippen LogP contribution in [0, 0.1) is 5.92 Å². The molecule has 0 radical (unpaired) electrons. The third-order valence-electron chi connectivity index (χ3n) is 3.92. The molecule has 8 heteroatoms. The van der Waals surface area contributed by atoms with E-state index in [0.717, 1.165) is 4.88 Å². The zero-order valence-electron chi connectivity index (χ0n) is 15.8. The highest BCUT2D eigenvalue weighted by Gasteiger charge is 2.20. The Labute approximate surface area is 165 Å². The molecule has 1 aromatic carbocycles. The summed E-state index contributed by atoms with van der Waals surface area (Å²) in [5.41, 5.74) is 0. The van der Waals surface area contributed by atoms with E-state index in [1.54, 1.807) is 23.5 Å². The molecule has 0 aliphatic rings. The van der Waals surface area contributed by atoms with Crippen LogP contribution in [-0.4, -0.2) is 27.5 Å². The van der Waals surface area contributed by atoms with Crippen molar-refractivity contribution in [1.82, 2.24) is 10.0 Å². The number of carbonyl (C=O) groups is 1.